The SMILES string of the molecule is Cc1cc(Cl)ccc1O[C@H](C)C(=O)Nc1ccc2[nH]c(=O)[nH]c2c1. The van der Waals surface area contributed by atoms with Gasteiger partial charge in [0.15, 0.2) is 6.10 Å². The molecule has 124 valence electrons. The molecule has 3 aromatic rings. The minimum absolute atomic E-state index is 0.289. The van der Waals surface area contributed by atoms with Crippen molar-refractivity contribution in [3.63, 3.8) is 0 Å². The van der Waals surface area contributed by atoms with Gasteiger partial charge in [-0.05, 0) is 55.8 Å². The third kappa shape index (κ3) is 3.44. The van der Waals surface area contributed by atoms with Crippen molar-refractivity contribution in [2.24, 2.45) is 0 Å². The van der Waals surface area contributed by atoms with E-state index in [2.05, 4.69) is 15.3 Å². The first-order chi connectivity index (χ1) is 11.4. The highest BCUT2D eigenvalue weighted by Crippen LogP contribution is 2.23. The number of halogens is 1. The highest BCUT2D eigenvalue weighted by molar-refractivity contribution is 6.30. The van der Waals surface area contributed by atoms with Gasteiger partial charge in [0.25, 0.3) is 5.91 Å². The summed E-state index contributed by atoms with van der Waals surface area (Å²) in [6, 6.07) is 10.3. The van der Waals surface area contributed by atoms with Crippen molar-refractivity contribution in [1.82, 2.24) is 9.97 Å². The number of H-pyrrole nitrogens is 2. The molecule has 24 heavy (non-hydrogen) atoms. The summed E-state index contributed by atoms with van der Waals surface area (Å²) in [6.45, 7) is 3.53. The zero-order valence-corrected chi connectivity index (χ0v) is 13.9. The molecule has 3 rings (SSSR count). The second-order valence-electron chi connectivity index (χ2n) is 5.50. The Morgan fingerprint density at radius 2 is 1.92 bits per heavy atom. The molecule has 1 amide bonds. The highest BCUT2D eigenvalue weighted by Gasteiger charge is 2.16. The number of nitrogens with one attached hydrogen (secondary N) is 3. The Morgan fingerprint density at radius 3 is 2.67 bits per heavy atom. The van der Waals surface area contributed by atoms with Gasteiger partial charge in [-0.3, -0.25) is 4.79 Å². The summed E-state index contributed by atoms with van der Waals surface area (Å²) in [5, 5.41) is 3.38. The Kier molecular flexibility index (Phi) is 4.31. The standard InChI is InChI=1S/C17H16ClN3O3/c1-9-7-11(18)3-6-15(9)24-10(2)16(22)19-12-4-5-13-14(8-12)21-17(23)20-13/h3-8,10H,1-2H3,(H,19,22)(H2,20,21,23)/t10-/m1/s1. The van der Waals surface area contributed by atoms with Crippen molar-refractivity contribution in [1.29, 1.82) is 0 Å². The number of hydrogen-bond acceptors (Lipinski definition) is 3. The van der Waals surface area contributed by atoms with Gasteiger partial charge >= 0.3 is 5.69 Å². The van der Waals surface area contributed by atoms with Crippen LogP contribution in [0.3, 0.4) is 0 Å². The molecule has 0 saturated carbocycles. The minimum atomic E-state index is -0.689. The van der Waals surface area contributed by atoms with Gasteiger partial charge in [0, 0.05) is 10.7 Å². The summed E-state index contributed by atoms with van der Waals surface area (Å²) in [4.78, 5) is 28.8. The van der Waals surface area contributed by atoms with Crippen LogP contribution in [0.2, 0.25) is 5.02 Å². The molecule has 2 aromatic carbocycles. The molecule has 0 bridgehead atoms. The molecule has 1 atom stereocenters. The van der Waals surface area contributed by atoms with Crippen LogP contribution in [0, 0.1) is 6.92 Å². The third-order valence-electron chi connectivity index (χ3n) is 3.59. The summed E-state index contributed by atoms with van der Waals surface area (Å²) >= 11 is 5.91. The van der Waals surface area contributed by atoms with Crippen molar-refractivity contribution in [3.8, 4) is 5.75 Å². The molecule has 0 aliphatic rings. The number of ether oxygens (including phenoxy) is 1. The summed E-state index contributed by atoms with van der Waals surface area (Å²) in [7, 11) is 0. The van der Waals surface area contributed by atoms with Crippen molar-refractivity contribution in [2.75, 3.05) is 5.32 Å². The van der Waals surface area contributed by atoms with E-state index in [4.69, 9.17) is 16.3 Å². The zero-order chi connectivity index (χ0) is 17.3. The van der Waals surface area contributed by atoms with Crippen LogP contribution in [0.1, 0.15) is 12.5 Å². The van der Waals surface area contributed by atoms with Gasteiger partial charge in [0.2, 0.25) is 0 Å². The van der Waals surface area contributed by atoms with Gasteiger partial charge < -0.3 is 20.0 Å². The maximum atomic E-state index is 12.3. The Labute approximate surface area is 142 Å². The quantitative estimate of drug-likeness (QED) is 0.678. The van der Waals surface area contributed by atoms with Crippen LogP contribution in [-0.2, 0) is 4.79 Å². The Bertz CT molecular complexity index is 961. The number of hydrogen-bond donors (Lipinski definition) is 3. The second kappa shape index (κ2) is 6.41. The van der Waals surface area contributed by atoms with Crippen LogP contribution in [0.5, 0.6) is 5.75 Å². The van der Waals surface area contributed by atoms with E-state index in [1.165, 1.54) is 0 Å². The maximum absolute atomic E-state index is 12.3. The van der Waals surface area contributed by atoms with Gasteiger partial charge in [-0.15, -0.1) is 0 Å². The van der Waals surface area contributed by atoms with E-state index in [-0.39, 0.29) is 11.6 Å². The Morgan fingerprint density at radius 1 is 1.17 bits per heavy atom. The number of amides is 1. The first-order valence-electron chi connectivity index (χ1n) is 7.38. The molecule has 0 fully saturated rings. The summed E-state index contributed by atoms with van der Waals surface area (Å²) in [5.74, 6) is 0.314. The molecule has 0 radical (unpaired) electrons. The lowest BCUT2D eigenvalue weighted by Crippen LogP contribution is -2.30. The van der Waals surface area contributed by atoms with E-state index in [9.17, 15) is 9.59 Å². The summed E-state index contributed by atoms with van der Waals surface area (Å²) < 4.78 is 5.69. The number of carbonyl (C=O) groups is 1. The lowest BCUT2D eigenvalue weighted by Gasteiger charge is -2.16. The number of aromatic nitrogens is 2. The van der Waals surface area contributed by atoms with Crippen LogP contribution in [0.4, 0.5) is 5.69 Å². The van der Waals surface area contributed by atoms with Crippen LogP contribution < -0.4 is 15.7 Å². The van der Waals surface area contributed by atoms with Crippen molar-refractivity contribution < 1.29 is 9.53 Å². The van der Waals surface area contributed by atoms with Crippen LogP contribution >= 0.6 is 11.6 Å². The van der Waals surface area contributed by atoms with E-state index < -0.39 is 6.10 Å². The topological polar surface area (TPSA) is 87.0 Å². The molecule has 1 aromatic heterocycles. The molecule has 0 aliphatic carbocycles. The fourth-order valence-corrected chi connectivity index (χ4v) is 2.57. The van der Waals surface area contributed by atoms with Crippen molar-refractivity contribution in [3.05, 3.63) is 57.5 Å². The third-order valence-corrected chi connectivity index (χ3v) is 3.83. The number of aromatic amines is 2. The van der Waals surface area contributed by atoms with Gasteiger partial charge in [0.1, 0.15) is 5.75 Å². The Balaban J connectivity index is 1.71. The number of carbonyl (C=O) groups excluding carboxylic acids is 1. The minimum Gasteiger partial charge on any atom is -0.481 e. The maximum Gasteiger partial charge on any atom is 0.323 e. The van der Waals surface area contributed by atoms with Gasteiger partial charge in [-0.1, -0.05) is 11.6 Å². The molecule has 7 heteroatoms. The van der Waals surface area contributed by atoms with Crippen LogP contribution in [0.25, 0.3) is 11.0 Å². The van der Waals surface area contributed by atoms with E-state index in [1.54, 1.807) is 43.3 Å². The molecule has 0 spiro atoms. The average Bonchev–Trinajstić information content (AvgIpc) is 2.89. The van der Waals surface area contributed by atoms with E-state index in [0.717, 1.165) is 5.56 Å². The van der Waals surface area contributed by atoms with Gasteiger partial charge in [-0.2, -0.15) is 0 Å². The number of fused-ring (bicyclic) bond motifs is 1. The normalized spacial score (nSPS) is 12.1. The number of imidazole rings is 1. The lowest BCUT2D eigenvalue weighted by atomic mass is 10.2. The molecule has 0 aliphatic heterocycles. The van der Waals surface area contributed by atoms with Gasteiger partial charge in [0.05, 0.1) is 11.0 Å². The fraction of sp³-hybridized carbons (Fsp3) is 0.176. The predicted molar refractivity (Wildman–Crippen MR) is 93.8 cm³/mol. The van der Waals surface area contributed by atoms with E-state index in [0.29, 0.717) is 27.5 Å². The largest absolute Gasteiger partial charge is 0.481 e. The first-order valence-corrected chi connectivity index (χ1v) is 7.76. The molecule has 3 N–H and O–H groups in total. The number of rotatable bonds is 4. The fourth-order valence-electron chi connectivity index (χ4n) is 2.34. The molecule has 1 heterocycles. The lowest BCUT2D eigenvalue weighted by molar-refractivity contribution is -0.122. The molecule has 6 nitrogen and oxygen atoms in total. The van der Waals surface area contributed by atoms with Crippen LogP contribution in [-0.4, -0.2) is 22.0 Å². The van der Waals surface area contributed by atoms with Crippen molar-refractivity contribution >= 4 is 34.2 Å². The molecule has 0 unspecified atom stereocenters. The van der Waals surface area contributed by atoms with E-state index >= 15 is 0 Å². The monoisotopic (exact) mass is 345 g/mol. The highest BCUT2D eigenvalue weighted by atomic mass is 35.5. The zero-order valence-electron chi connectivity index (χ0n) is 13.1. The van der Waals surface area contributed by atoms with Crippen molar-refractivity contribution in [2.45, 2.75) is 20.0 Å². The van der Waals surface area contributed by atoms with Gasteiger partial charge in [-0.25, -0.2) is 4.79 Å². The number of aryl methyl sites for hydroxylation is 1. The summed E-state index contributed by atoms with van der Waals surface area (Å²) in [5.41, 5.74) is 2.45. The second-order valence-corrected chi connectivity index (χ2v) is 5.94. The number of anilines is 1. The average molecular weight is 346 g/mol. The predicted octanol–water partition coefficient (Wildman–Crippen LogP) is 3.22. The Hall–Kier alpha value is -2.73. The molecular formula is C17H16ClN3O3. The molecular weight excluding hydrogens is 330 g/mol. The summed E-state index contributed by atoms with van der Waals surface area (Å²) in [6.07, 6.45) is -0.689. The van der Waals surface area contributed by atoms with E-state index in [1.807, 2.05) is 6.92 Å². The first kappa shape index (κ1) is 16.1. The smallest absolute Gasteiger partial charge is 0.323 e. The number of benzene rings is 2. The molecule has 0 saturated heterocycles. The van der Waals surface area contributed by atoms with Crippen LogP contribution in [0.15, 0.2) is 41.2 Å².